The Kier molecular flexibility index (Phi) is 7.22. The standard InChI is InChI=1S/C16H16ClF2N5O2/c1-2-10-6-22-16(23-7-10)25-9-12(24-20)8-21-11-3-4-13(17)14(5-11)26-15(18)19/h3-8,15H,2,9,20H2,1H3. The lowest BCUT2D eigenvalue weighted by Crippen LogP contribution is -2.16. The number of halogens is 3. The second kappa shape index (κ2) is 9.62. The molecule has 0 saturated heterocycles. The lowest BCUT2D eigenvalue weighted by molar-refractivity contribution is -0.0497. The predicted molar refractivity (Wildman–Crippen MR) is 94.8 cm³/mol. The number of hydrogen-bond donors (Lipinski definition) is 1. The first-order chi connectivity index (χ1) is 12.5. The van der Waals surface area contributed by atoms with Crippen LogP contribution in [0, 0.1) is 0 Å². The third-order valence-corrected chi connectivity index (χ3v) is 3.41. The van der Waals surface area contributed by atoms with Gasteiger partial charge in [0.15, 0.2) is 0 Å². The molecule has 0 aliphatic heterocycles. The van der Waals surface area contributed by atoms with Crippen LogP contribution in [0.5, 0.6) is 11.8 Å². The summed E-state index contributed by atoms with van der Waals surface area (Å²) in [5.41, 5.74) is 1.60. The second-order valence-corrected chi connectivity index (χ2v) is 5.30. The zero-order valence-electron chi connectivity index (χ0n) is 13.8. The minimum absolute atomic E-state index is 0.0144. The van der Waals surface area contributed by atoms with Crippen LogP contribution in [0.4, 0.5) is 14.5 Å². The van der Waals surface area contributed by atoms with Gasteiger partial charge in [0.1, 0.15) is 18.1 Å². The molecule has 7 nitrogen and oxygen atoms in total. The quantitative estimate of drug-likeness (QED) is 0.428. The van der Waals surface area contributed by atoms with E-state index in [0.29, 0.717) is 11.4 Å². The summed E-state index contributed by atoms with van der Waals surface area (Å²) in [6.07, 6.45) is 5.47. The van der Waals surface area contributed by atoms with Gasteiger partial charge in [-0.1, -0.05) is 18.5 Å². The van der Waals surface area contributed by atoms with E-state index in [0.717, 1.165) is 12.0 Å². The van der Waals surface area contributed by atoms with Crippen LogP contribution in [0.1, 0.15) is 12.5 Å². The number of alkyl halides is 2. The molecule has 138 valence electrons. The van der Waals surface area contributed by atoms with Crippen molar-refractivity contribution in [3.05, 3.63) is 41.2 Å². The summed E-state index contributed by atoms with van der Waals surface area (Å²) in [6.45, 7) is -1.01. The Morgan fingerprint density at radius 2 is 2.08 bits per heavy atom. The Balaban J connectivity index is 2.00. The van der Waals surface area contributed by atoms with Crippen molar-refractivity contribution >= 4 is 29.2 Å². The fourth-order valence-corrected chi connectivity index (χ4v) is 1.92. The number of aromatic nitrogens is 2. The third kappa shape index (κ3) is 5.92. The fourth-order valence-electron chi connectivity index (χ4n) is 1.75. The second-order valence-electron chi connectivity index (χ2n) is 4.89. The number of hydrazone groups is 1. The van der Waals surface area contributed by atoms with Gasteiger partial charge in [0.25, 0.3) is 0 Å². The van der Waals surface area contributed by atoms with Gasteiger partial charge in [-0.2, -0.15) is 13.9 Å². The normalized spacial score (nSPS) is 12.0. The summed E-state index contributed by atoms with van der Waals surface area (Å²) < 4.78 is 34.3. The lowest BCUT2D eigenvalue weighted by atomic mass is 10.3. The van der Waals surface area contributed by atoms with E-state index in [9.17, 15) is 8.78 Å². The van der Waals surface area contributed by atoms with Gasteiger partial charge in [0.2, 0.25) is 0 Å². The molecule has 1 aromatic carbocycles. The SMILES string of the molecule is CCc1cnc(OCC(C=Nc2ccc(Cl)c(OC(F)F)c2)=NN)nc1. The molecule has 0 saturated carbocycles. The zero-order valence-corrected chi connectivity index (χ0v) is 14.5. The van der Waals surface area contributed by atoms with Crippen molar-refractivity contribution in [1.82, 2.24) is 9.97 Å². The molecular formula is C16H16ClF2N5O2. The molecule has 1 heterocycles. The van der Waals surface area contributed by atoms with E-state index in [4.69, 9.17) is 22.2 Å². The van der Waals surface area contributed by atoms with Crippen LogP contribution in [0.3, 0.4) is 0 Å². The fraction of sp³-hybridized carbons (Fsp3) is 0.250. The van der Waals surface area contributed by atoms with Gasteiger partial charge in [-0.25, -0.2) is 9.97 Å². The Bertz CT molecular complexity index is 785. The molecule has 2 rings (SSSR count). The third-order valence-electron chi connectivity index (χ3n) is 3.10. The zero-order chi connectivity index (χ0) is 18.9. The number of benzene rings is 1. The summed E-state index contributed by atoms with van der Waals surface area (Å²) >= 11 is 5.78. The maximum atomic E-state index is 12.3. The van der Waals surface area contributed by atoms with Gasteiger partial charge in [-0.3, -0.25) is 4.99 Å². The molecule has 0 fully saturated rings. The van der Waals surface area contributed by atoms with Gasteiger partial charge in [0.05, 0.1) is 16.9 Å². The Labute approximate surface area is 153 Å². The highest BCUT2D eigenvalue weighted by Crippen LogP contribution is 2.30. The van der Waals surface area contributed by atoms with E-state index >= 15 is 0 Å². The molecule has 0 unspecified atom stereocenters. The van der Waals surface area contributed by atoms with E-state index in [1.54, 1.807) is 12.4 Å². The highest BCUT2D eigenvalue weighted by atomic mass is 35.5. The highest BCUT2D eigenvalue weighted by molar-refractivity contribution is 6.32. The van der Waals surface area contributed by atoms with Crippen LogP contribution in [0.2, 0.25) is 5.02 Å². The monoisotopic (exact) mass is 383 g/mol. The van der Waals surface area contributed by atoms with Crippen LogP contribution in [0.15, 0.2) is 40.7 Å². The molecule has 0 spiro atoms. The molecule has 0 aliphatic rings. The average Bonchev–Trinajstić information content (AvgIpc) is 2.64. The number of aliphatic imine (C=N–C) groups is 1. The minimum atomic E-state index is -2.99. The average molecular weight is 384 g/mol. The predicted octanol–water partition coefficient (Wildman–Crippen LogP) is 3.39. The van der Waals surface area contributed by atoms with Crippen LogP contribution < -0.4 is 15.3 Å². The summed E-state index contributed by atoms with van der Waals surface area (Å²) in [5, 5.41) is 3.60. The maximum Gasteiger partial charge on any atom is 0.387 e. The molecule has 0 amide bonds. The van der Waals surface area contributed by atoms with Crippen molar-refractivity contribution in [2.75, 3.05) is 6.61 Å². The van der Waals surface area contributed by atoms with Crippen molar-refractivity contribution < 1.29 is 18.3 Å². The van der Waals surface area contributed by atoms with Crippen molar-refractivity contribution in [3.8, 4) is 11.8 Å². The van der Waals surface area contributed by atoms with E-state index in [-0.39, 0.29) is 23.4 Å². The van der Waals surface area contributed by atoms with E-state index in [2.05, 4.69) is 24.8 Å². The molecule has 1 aromatic heterocycles. The summed E-state index contributed by atoms with van der Waals surface area (Å²) in [6, 6.07) is 4.37. The Morgan fingerprint density at radius 3 is 2.69 bits per heavy atom. The number of hydrogen-bond acceptors (Lipinski definition) is 7. The van der Waals surface area contributed by atoms with Gasteiger partial charge < -0.3 is 15.3 Å². The molecule has 10 heteroatoms. The van der Waals surface area contributed by atoms with Gasteiger partial charge in [-0.05, 0) is 24.1 Å². The maximum absolute atomic E-state index is 12.3. The van der Waals surface area contributed by atoms with Crippen LogP contribution in [-0.4, -0.2) is 35.1 Å². The number of aryl methyl sites for hydroxylation is 1. The number of nitrogens with two attached hydrogens (primary N) is 1. The van der Waals surface area contributed by atoms with Crippen LogP contribution in [-0.2, 0) is 6.42 Å². The molecule has 2 aromatic rings. The number of rotatable bonds is 8. The highest BCUT2D eigenvalue weighted by Gasteiger charge is 2.09. The first-order valence-electron chi connectivity index (χ1n) is 7.50. The van der Waals surface area contributed by atoms with Crippen LogP contribution in [0.25, 0.3) is 0 Å². The van der Waals surface area contributed by atoms with E-state index in [1.165, 1.54) is 24.4 Å². The van der Waals surface area contributed by atoms with Gasteiger partial charge >= 0.3 is 12.6 Å². The van der Waals surface area contributed by atoms with Gasteiger partial charge in [0, 0.05) is 18.5 Å². The minimum Gasteiger partial charge on any atom is -0.457 e. The molecular weight excluding hydrogens is 368 g/mol. The molecule has 2 N–H and O–H groups in total. The lowest BCUT2D eigenvalue weighted by Gasteiger charge is -2.07. The van der Waals surface area contributed by atoms with Crippen molar-refractivity contribution in [1.29, 1.82) is 0 Å². The number of ether oxygens (including phenoxy) is 2. The van der Waals surface area contributed by atoms with Crippen LogP contribution >= 0.6 is 11.6 Å². The largest absolute Gasteiger partial charge is 0.457 e. The number of nitrogens with zero attached hydrogens (tertiary/aromatic N) is 4. The summed E-state index contributed by atoms with van der Waals surface area (Å²) in [5.74, 6) is 5.12. The Hall–Kier alpha value is -2.81. The Morgan fingerprint density at radius 1 is 1.35 bits per heavy atom. The summed E-state index contributed by atoms with van der Waals surface area (Å²) in [4.78, 5) is 12.2. The van der Waals surface area contributed by atoms with Crippen molar-refractivity contribution in [2.24, 2.45) is 15.9 Å². The molecule has 0 atom stereocenters. The van der Waals surface area contributed by atoms with E-state index < -0.39 is 6.61 Å². The van der Waals surface area contributed by atoms with Crippen molar-refractivity contribution in [3.63, 3.8) is 0 Å². The van der Waals surface area contributed by atoms with Crippen molar-refractivity contribution in [2.45, 2.75) is 20.0 Å². The first kappa shape index (κ1) is 19.5. The summed E-state index contributed by atoms with van der Waals surface area (Å²) in [7, 11) is 0. The molecule has 26 heavy (non-hydrogen) atoms. The smallest absolute Gasteiger partial charge is 0.387 e. The molecule has 0 radical (unpaired) electrons. The van der Waals surface area contributed by atoms with E-state index in [1.807, 2.05) is 6.92 Å². The topological polar surface area (TPSA) is 95.0 Å². The van der Waals surface area contributed by atoms with Gasteiger partial charge in [-0.15, -0.1) is 0 Å². The molecule has 0 aliphatic carbocycles. The first-order valence-corrected chi connectivity index (χ1v) is 7.88. The molecule has 0 bridgehead atoms.